The average Bonchev–Trinajstić information content (AvgIpc) is 2.70. The zero-order valence-corrected chi connectivity index (χ0v) is 17.5. The minimum absolute atomic E-state index is 0.00464. The Morgan fingerprint density at radius 3 is 2.46 bits per heavy atom. The van der Waals surface area contributed by atoms with Crippen LogP contribution in [0.5, 0.6) is 0 Å². The molecule has 1 N–H and O–H groups in total. The van der Waals surface area contributed by atoms with Crippen molar-refractivity contribution in [3.05, 3.63) is 0 Å². The van der Waals surface area contributed by atoms with Crippen LogP contribution in [0.15, 0.2) is 0 Å². The Bertz CT molecular complexity index is 502. The van der Waals surface area contributed by atoms with Crippen molar-refractivity contribution in [1.29, 1.82) is 0 Å². The van der Waals surface area contributed by atoms with Crippen LogP contribution >= 0.6 is 0 Å². The summed E-state index contributed by atoms with van der Waals surface area (Å²) in [6, 6.07) is 0.118. The number of nitrogens with one attached hydrogen (secondary N) is 1. The molecule has 28 heavy (non-hydrogen) atoms. The smallest absolute Gasteiger partial charge is 0.236 e. The van der Waals surface area contributed by atoms with E-state index in [1.54, 1.807) is 6.92 Å². The molecular weight excluding hydrogens is 356 g/mol. The fraction of sp³-hybridized carbons (Fsp3) is 0.905. The van der Waals surface area contributed by atoms with Gasteiger partial charge >= 0.3 is 0 Å². The molecule has 0 unspecified atom stereocenters. The van der Waals surface area contributed by atoms with Crippen molar-refractivity contribution >= 4 is 11.8 Å². The SMILES string of the molecule is CC(=O)N[C@H]1CCCN(C(=O)CN2CCC(CCCN3CCOCC3)CC2)C1. The molecule has 0 spiro atoms. The number of hydrogen-bond acceptors (Lipinski definition) is 5. The number of nitrogens with zero attached hydrogens (tertiary/aromatic N) is 3. The summed E-state index contributed by atoms with van der Waals surface area (Å²) in [5.74, 6) is 1.03. The van der Waals surface area contributed by atoms with Crippen molar-refractivity contribution in [3.8, 4) is 0 Å². The van der Waals surface area contributed by atoms with E-state index in [1.165, 1.54) is 32.2 Å². The molecule has 3 heterocycles. The number of hydrogen-bond donors (Lipinski definition) is 1. The number of carbonyl (C=O) groups excluding carboxylic acids is 2. The van der Waals surface area contributed by atoms with Crippen molar-refractivity contribution in [2.45, 2.75) is 51.5 Å². The van der Waals surface area contributed by atoms with E-state index in [0.29, 0.717) is 13.1 Å². The number of piperidine rings is 2. The van der Waals surface area contributed by atoms with Gasteiger partial charge in [0.2, 0.25) is 11.8 Å². The number of amides is 2. The van der Waals surface area contributed by atoms with Gasteiger partial charge in [0.1, 0.15) is 0 Å². The predicted molar refractivity (Wildman–Crippen MR) is 109 cm³/mol. The second kappa shape index (κ2) is 11.1. The van der Waals surface area contributed by atoms with Crippen molar-refractivity contribution in [2.24, 2.45) is 5.92 Å². The number of morpholine rings is 1. The molecule has 3 saturated heterocycles. The molecule has 0 aromatic rings. The lowest BCUT2D eigenvalue weighted by molar-refractivity contribution is -0.135. The lowest BCUT2D eigenvalue weighted by Gasteiger charge is -2.36. The summed E-state index contributed by atoms with van der Waals surface area (Å²) in [5.41, 5.74) is 0. The number of likely N-dealkylation sites (tertiary alicyclic amines) is 2. The van der Waals surface area contributed by atoms with Crippen LogP contribution in [0, 0.1) is 5.92 Å². The lowest BCUT2D eigenvalue weighted by Crippen LogP contribution is -2.52. The summed E-state index contributed by atoms with van der Waals surface area (Å²) in [6.07, 6.45) is 6.96. The summed E-state index contributed by atoms with van der Waals surface area (Å²) >= 11 is 0. The van der Waals surface area contributed by atoms with Gasteiger partial charge in [-0.25, -0.2) is 0 Å². The third-order valence-electron chi connectivity index (χ3n) is 6.44. The summed E-state index contributed by atoms with van der Waals surface area (Å²) < 4.78 is 5.41. The van der Waals surface area contributed by atoms with Gasteiger partial charge in [-0.05, 0) is 64.1 Å². The zero-order chi connectivity index (χ0) is 19.8. The highest BCUT2D eigenvalue weighted by molar-refractivity contribution is 5.78. The third kappa shape index (κ3) is 7.01. The van der Waals surface area contributed by atoms with E-state index in [0.717, 1.165) is 64.7 Å². The highest BCUT2D eigenvalue weighted by atomic mass is 16.5. The van der Waals surface area contributed by atoms with Gasteiger partial charge in [0.15, 0.2) is 0 Å². The van der Waals surface area contributed by atoms with Crippen LogP contribution in [0.25, 0.3) is 0 Å². The van der Waals surface area contributed by atoms with Crippen LogP contribution in [0.3, 0.4) is 0 Å². The Morgan fingerprint density at radius 1 is 1.00 bits per heavy atom. The average molecular weight is 395 g/mol. The van der Waals surface area contributed by atoms with E-state index in [-0.39, 0.29) is 17.9 Å². The topological polar surface area (TPSA) is 65.1 Å². The van der Waals surface area contributed by atoms with E-state index in [4.69, 9.17) is 4.74 Å². The Hall–Kier alpha value is -1.18. The van der Waals surface area contributed by atoms with Gasteiger partial charge in [-0.1, -0.05) is 0 Å². The molecule has 3 aliphatic rings. The van der Waals surface area contributed by atoms with E-state index in [2.05, 4.69) is 15.1 Å². The second-order valence-electron chi connectivity index (χ2n) is 8.70. The second-order valence-corrected chi connectivity index (χ2v) is 8.70. The Kier molecular flexibility index (Phi) is 8.55. The first-order valence-electron chi connectivity index (χ1n) is 11.2. The maximum atomic E-state index is 12.7. The summed E-state index contributed by atoms with van der Waals surface area (Å²) in [6.45, 7) is 10.8. The highest BCUT2D eigenvalue weighted by Gasteiger charge is 2.27. The Labute approximate surface area is 169 Å². The summed E-state index contributed by atoms with van der Waals surface area (Å²) in [4.78, 5) is 30.7. The first-order chi connectivity index (χ1) is 13.6. The Balaban J connectivity index is 1.30. The molecule has 0 saturated carbocycles. The molecule has 160 valence electrons. The first-order valence-corrected chi connectivity index (χ1v) is 11.2. The quantitative estimate of drug-likeness (QED) is 0.696. The summed E-state index contributed by atoms with van der Waals surface area (Å²) in [5, 5.41) is 2.96. The van der Waals surface area contributed by atoms with Gasteiger partial charge in [-0.2, -0.15) is 0 Å². The molecule has 0 aromatic heterocycles. The van der Waals surface area contributed by atoms with Gasteiger partial charge in [0.05, 0.1) is 19.8 Å². The fourth-order valence-electron chi connectivity index (χ4n) is 4.76. The number of rotatable bonds is 7. The molecule has 7 heteroatoms. The third-order valence-corrected chi connectivity index (χ3v) is 6.44. The van der Waals surface area contributed by atoms with Gasteiger partial charge in [0, 0.05) is 39.1 Å². The van der Waals surface area contributed by atoms with E-state index in [9.17, 15) is 9.59 Å². The van der Waals surface area contributed by atoms with Gasteiger partial charge in [-0.15, -0.1) is 0 Å². The van der Waals surface area contributed by atoms with Crippen LogP contribution in [0.1, 0.15) is 45.4 Å². The molecule has 0 aliphatic carbocycles. The van der Waals surface area contributed by atoms with Crippen molar-refractivity contribution in [1.82, 2.24) is 20.0 Å². The maximum Gasteiger partial charge on any atom is 0.236 e. The van der Waals surface area contributed by atoms with Gasteiger partial charge in [0.25, 0.3) is 0 Å². The fourth-order valence-corrected chi connectivity index (χ4v) is 4.76. The van der Waals surface area contributed by atoms with Crippen LogP contribution in [0.2, 0.25) is 0 Å². The van der Waals surface area contributed by atoms with Crippen LogP contribution in [0.4, 0.5) is 0 Å². The zero-order valence-electron chi connectivity index (χ0n) is 17.5. The number of ether oxygens (including phenoxy) is 1. The molecule has 1 atom stereocenters. The molecule has 3 fully saturated rings. The molecule has 3 rings (SSSR count). The van der Waals surface area contributed by atoms with Crippen LogP contribution < -0.4 is 5.32 Å². The van der Waals surface area contributed by atoms with E-state index < -0.39 is 0 Å². The normalized spacial score (nSPS) is 25.6. The summed E-state index contributed by atoms with van der Waals surface area (Å²) in [7, 11) is 0. The number of carbonyl (C=O) groups is 2. The van der Waals surface area contributed by atoms with Crippen molar-refractivity contribution in [3.63, 3.8) is 0 Å². The van der Waals surface area contributed by atoms with E-state index in [1.807, 2.05) is 4.90 Å². The van der Waals surface area contributed by atoms with Crippen molar-refractivity contribution in [2.75, 3.05) is 65.6 Å². The molecule has 0 aromatic carbocycles. The molecule has 0 bridgehead atoms. The highest BCUT2D eigenvalue weighted by Crippen LogP contribution is 2.22. The molecule has 2 amide bonds. The molecule has 7 nitrogen and oxygen atoms in total. The lowest BCUT2D eigenvalue weighted by atomic mass is 9.92. The maximum absolute atomic E-state index is 12.7. The first kappa shape index (κ1) is 21.5. The van der Waals surface area contributed by atoms with E-state index >= 15 is 0 Å². The predicted octanol–water partition coefficient (Wildman–Crippen LogP) is 0.938. The minimum atomic E-state index is -0.00464. The molecular formula is C21H38N4O3. The van der Waals surface area contributed by atoms with Gasteiger partial charge < -0.3 is 15.0 Å². The van der Waals surface area contributed by atoms with Gasteiger partial charge in [-0.3, -0.25) is 19.4 Å². The van der Waals surface area contributed by atoms with Crippen LogP contribution in [-0.2, 0) is 14.3 Å². The molecule has 3 aliphatic heterocycles. The van der Waals surface area contributed by atoms with Crippen molar-refractivity contribution < 1.29 is 14.3 Å². The monoisotopic (exact) mass is 394 g/mol. The minimum Gasteiger partial charge on any atom is -0.379 e. The largest absolute Gasteiger partial charge is 0.379 e. The molecule has 0 radical (unpaired) electrons. The Morgan fingerprint density at radius 2 is 1.75 bits per heavy atom. The standard InChI is InChI=1S/C21H38N4O3/c1-18(26)22-20-5-3-9-25(16-20)21(27)17-24-10-6-19(7-11-24)4-2-8-23-12-14-28-15-13-23/h19-20H,2-17H2,1H3,(H,22,26)/t20-/m0/s1. The van der Waals surface area contributed by atoms with Crippen LogP contribution in [-0.4, -0.2) is 98.1 Å².